The molecule has 0 spiro atoms. The molecule has 0 aliphatic heterocycles. The standard InChI is InChI=1S/C7H11ClN2O/c1-6(11)2-3-10-5-7(8)4-9-10/h4-6,11H,2-3H2,1H3. The summed E-state index contributed by atoms with van der Waals surface area (Å²) in [5.74, 6) is 0. The van der Waals surface area contributed by atoms with Crippen molar-refractivity contribution >= 4 is 11.6 Å². The van der Waals surface area contributed by atoms with Crippen molar-refractivity contribution in [1.29, 1.82) is 0 Å². The van der Waals surface area contributed by atoms with E-state index in [1.807, 2.05) is 0 Å². The molecule has 1 aromatic heterocycles. The van der Waals surface area contributed by atoms with Gasteiger partial charge in [0.1, 0.15) is 0 Å². The molecule has 11 heavy (non-hydrogen) atoms. The SMILES string of the molecule is CC(O)CCn1cc(Cl)cn1. The number of rotatable bonds is 3. The van der Waals surface area contributed by atoms with Crippen LogP contribution in [0.1, 0.15) is 13.3 Å². The second-order valence-electron chi connectivity index (χ2n) is 2.56. The summed E-state index contributed by atoms with van der Waals surface area (Å²) in [7, 11) is 0. The van der Waals surface area contributed by atoms with Crippen LogP contribution in [0.4, 0.5) is 0 Å². The Morgan fingerprint density at radius 1 is 1.82 bits per heavy atom. The summed E-state index contributed by atoms with van der Waals surface area (Å²) in [4.78, 5) is 0. The van der Waals surface area contributed by atoms with E-state index in [1.165, 1.54) is 0 Å². The molecule has 1 heterocycles. The first kappa shape index (κ1) is 8.56. The lowest BCUT2D eigenvalue weighted by Crippen LogP contribution is -2.06. The van der Waals surface area contributed by atoms with Crippen LogP contribution in [-0.2, 0) is 6.54 Å². The van der Waals surface area contributed by atoms with Gasteiger partial charge in [0.05, 0.1) is 17.3 Å². The number of aromatic nitrogens is 2. The van der Waals surface area contributed by atoms with Gasteiger partial charge in [0.15, 0.2) is 0 Å². The molecule has 1 rings (SSSR count). The van der Waals surface area contributed by atoms with Crippen LogP contribution in [-0.4, -0.2) is 21.0 Å². The summed E-state index contributed by atoms with van der Waals surface area (Å²) in [6.07, 6.45) is 3.75. The molecule has 1 N–H and O–H groups in total. The van der Waals surface area contributed by atoms with Crippen LogP contribution in [0.15, 0.2) is 12.4 Å². The van der Waals surface area contributed by atoms with E-state index in [0.29, 0.717) is 18.0 Å². The fourth-order valence-electron chi connectivity index (χ4n) is 0.780. The molecule has 0 amide bonds. The maximum atomic E-state index is 8.95. The largest absolute Gasteiger partial charge is 0.393 e. The lowest BCUT2D eigenvalue weighted by Gasteiger charge is -2.02. The topological polar surface area (TPSA) is 38.0 Å². The van der Waals surface area contributed by atoms with E-state index in [-0.39, 0.29) is 6.10 Å². The Morgan fingerprint density at radius 2 is 2.55 bits per heavy atom. The molecule has 0 aliphatic carbocycles. The molecule has 0 bridgehead atoms. The zero-order valence-corrected chi connectivity index (χ0v) is 7.12. The Balaban J connectivity index is 2.39. The van der Waals surface area contributed by atoms with Gasteiger partial charge in [-0.3, -0.25) is 4.68 Å². The second kappa shape index (κ2) is 3.74. The fourth-order valence-corrected chi connectivity index (χ4v) is 0.936. The van der Waals surface area contributed by atoms with Gasteiger partial charge in [-0.2, -0.15) is 5.10 Å². The van der Waals surface area contributed by atoms with E-state index in [9.17, 15) is 0 Å². The highest BCUT2D eigenvalue weighted by Gasteiger charge is 1.97. The Morgan fingerprint density at radius 3 is 3.00 bits per heavy atom. The zero-order chi connectivity index (χ0) is 8.27. The molecule has 1 atom stereocenters. The average molecular weight is 175 g/mol. The van der Waals surface area contributed by atoms with Gasteiger partial charge in [-0.1, -0.05) is 11.6 Å². The smallest absolute Gasteiger partial charge is 0.0785 e. The molecule has 0 aliphatic rings. The van der Waals surface area contributed by atoms with Crippen molar-refractivity contribution in [2.75, 3.05) is 0 Å². The van der Waals surface area contributed by atoms with E-state index >= 15 is 0 Å². The quantitative estimate of drug-likeness (QED) is 0.751. The second-order valence-corrected chi connectivity index (χ2v) is 3.00. The molecule has 0 radical (unpaired) electrons. The van der Waals surface area contributed by atoms with E-state index < -0.39 is 0 Å². The van der Waals surface area contributed by atoms with Crippen molar-refractivity contribution in [3.8, 4) is 0 Å². The molecule has 3 nitrogen and oxygen atoms in total. The third-order valence-electron chi connectivity index (χ3n) is 1.38. The van der Waals surface area contributed by atoms with Gasteiger partial charge in [-0.05, 0) is 13.3 Å². The maximum absolute atomic E-state index is 8.95. The molecule has 62 valence electrons. The predicted molar refractivity (Wildman–Crippen MR) is 43.5 cm³/mol. The summed E-state index contributed by atoms with van der Waals surface area (Å²) < 4.78 is 1.72. The highest BCUT2D eigenvalue weighted by molar-refractivity contribution is 6.30. The number of hydrogen-bond acceptors (Lipinski definition) is 2. The minimum Gasteiger partial charge on any atom is -0.393 e. The first-order valence-corrected chi connectivity index (χ1v) is 3.92. The van der Waals surface area contributed by atoms with Gasteiger partial charge in [-0.15, -0.1) is 0 Å². The Labute approximate surface area is 70.6 Å². The van der Waals surface area contributed by atoms with E-state index in [1.54, 1.807) is 24.0 Å². The number of nitrogens with zero attached hydrogens (tertiary/aromatic N) is 2. The van der Waals surface area contributed by atoms with Crippen molar-refractivity contribution in [1.82, 2.24) is 9.78 Å². The van der Waals surface area contributed by atoms with Crippen LogP contribution >= 0.6 is 11.6 Å². The molecular weight excluding hydrogens is 164 g/mol. The first-order valence-electron chi connectivity index (χ1n) is 3.54. The average Bonchev–Trinajstić information content (AvgIpc) is 2.31. The van der Waals surface area contributed by atoms with Crippen LogP contribution in [0.3, 0.4) is 0 Å². The molecular formula is C7H11ClN2O. The molecule has 4 heteroatoms. The maximum Gasteiger partial charge on any atom is 0.0785 e. The number of aryl methyl sites for hydroxylation is 1. The van der Waals surface area contributed by atoms with Gasteiger partial charge >= 0.3 is 0 Å². The van der Waals surface area contributed by atoms with Crippen LogP contribution in [0.5, 0.6) is 0 Å². The molecule has 1 unspecified atom stereocenters. The molecule has 0 saturated heterocycles. The number of hydrogen-bond donors (Lipinski definition) is 1. The highest BCUT2D eigenvalue weighted by Crippen LogP contribution is 2.05. The minimum absolute atomic E-state index is 0.280. The summed E-state index contributed by atoms with van der Waals surface area (Å²) in [5, 5.41) is 13.5. The summed E-state index contributed by atoms with van der Waals surface area (Å²) >= 11 is 5.63. The van der Waals surface area contributed by atoms with Crippen molar-refractivity contribution in [3.63, 3.8) is 0 Å². The van der Waals surface area contributed by atoms with E-state index in [2.05, 4.69) is 5.10 Å². The van der Waals surface area contributed by atoms with Gasteiger partial charge in [-0.25, -0.2) is 0 Å². The van der Waals surface area contributed by atoms with Crippen LogP contribution < -0.4 is 0 Å². The van der Waals surface area contributed by atoms with Crippen molar-refractivity contribution in [2.45, 2.75) is 26.0 Å². The summed E-state index contributed by atoms with van der Waals surface area (Å²) in [6, 6.07) is 0. The molecule has 1 aromatic rings. The van der Waals surface area contributed by atoms with Crippen LogP contribution in [0.2, 0.25) is 5.02 Å². The Bertz CT molecular complexity index is 222. The number of aliphatic hydroxyl groups excluding tert-OH is 1. The van der Waals surface area contributed by atoms with Crippen molar-refractivity contribution < 1.29 is 5.11 Å². The van der Waals surface area contributed by atoms with Gasteiger partial charge in [0, 0.05) is 12.7 Å². The van der Waals surface area contributed by atoms with Gasteiger partial charge < -0.3 is 5.11 Å². The fraction of sp³-hybridized carbons (Fsp3) is 0.571. The normalized spacial score (nSPS) is 13.4. The number of aliphatic hydroxyl groups is 1. The Hall–Kier alpha value is -0.540. The third kappa shape index (κ3) is 2.91. The van der Waals surface area contributed by atoms with Crippen molar-refractivity contribution in [2.24, 2.45) is 0 Å². The molecule has 0 saturated carbocycles. The van der Waals surface area contributed by atoms with Crippen LogP contribution in [0.25, 0.3) is 0 Å². The highest BCUT2D eigenvalue weighted by atomic mass is 35.5. The lowest BCUT2D eigenvalue weighted by atomic mass is 10.3. The molecule has 0 aromatic carbocycles. The summed E-state index contributed by atoms with van der Waals surface area (Å²) in [5.41, 5.74) is 0. The van der Waals surface area contributed by atoms with Crippen LogP contribution in [0, 0.1) is 0 Å². The number of halogens is 1. The Kier molecular flexibility index (Phi) is 2.91. The monoisotopic (exact) mass is 174 g/mol. The van der Waals surface area contributed by atoms with Gasteiger partial charge in [0.2, 0.25) is 0 Å². The van der Waals surface area contributed by atoms with Gasteiger partial charge in [0.25, 0.3) is 0 Å². The van der Waals surface area contributed by atoms with E-state index in [4.69, 9.17) is 16.7 Å². The minimum atomic E-state index is -0.280. The molecule has 0 fully saturated rings. The lowest BCUT2D eigenvalue weighted by molar-refractivity contribution is 0.176. The summed E-state index contributed by atoms with van der Waals surface area (Å²) in [6.45, 7) is 2.47. The van der Waals surface area contributed by atoms with Crippen molar-refractivity contribution in [3.05, 3.63) is 17.4 Å². The predicted octanol–water partition coefficient (Wildman–Crippen LogP) is 1.31. The zero-order valence-electron chi connectivity index (χ0n) is 6.37. The van der Waals surface area contributed by atoms with E-state index in [0.717, 1.165) is 0 Å². The third-order valence-corrected chi connectivity index (χ3v) is 1.57. The first-order chi connectivity index (χ1) is 5.18.